The van der Waals surface area contributed by atoms with Gasteiger partial charge in [0, 0.05) is 37.0 Å². The molecule has 0 amide bonds. The summed E-state index contributed by atoms with van der Waals surface area (Å²) in [5, 5.41) is 8.84. The van der Waals surface area contributed by atoms with Gasteiger partial charge in [-0.3, -0.25) is 9.58 Å². The highest BCUT2D eigenvalue weighted by Gasteiger charge is 2.19. The van der Waals surface area contributed by atoms with E-state index in [4.69, 9.17) is 9.62 Å². The molecule has 2 aromatic heterocycles. The fourth-order valence-corrected chi connectivity index (χ4v) is 4.31. The number of nitrogens with zero attached hydrogens (tertiary/aromatic N) is 4. The van der Waals surface area contributed by atoms with Crippen molar-refractivity contribution < 1.29 is 4.52 Å². The van der Waals surface area contributed by atoms with Crippen molar-refractivity contribution in [2.75, 3.05) is 7.05 Å². The predicted octanol–water partition coefficient (Wildman–Crippen LogP) is 5.32. The van der Waals surface area contributed by atoms with Gasteiger partial charge >= 0.3 is 0 Å². The Morgan fingerprint density at radius 1 is 1.14 bits per heavy atom. The summed E-state index contributed by atoms with van der Waals surface area (Å²) in [6.45, 7) is 2.95. The van der Waals surface area contributed by atoms with Crippen LogP contribution in [-0.4, -0.2) is 26.9 Å². The molecular formula is C23H30N4O. The number of hydrogen-bond donors (Lipinski definition) is 0. The van der Waals surface area contributed by atoms with Crippen LogP contribution in [0.25, 0.3) is 11.3 Å². The Hall–Kier alpha value is -2.40. The van der Waals surface area contributed by atoms with Gasteiger partial charge in [-0.1, -0.05) is 48.7 Å². The topological polar surface area (TPSA) is 47.1 Å². The van der Waals surface area contributed by atoms with Crippen LogP contribution in [0, 0.1) is 0 Å². The third kappa shape index (κ3) is 4.04. The average molecular weight is 379 g/mol. The first-order valence-corrected chi connectivity index (χ1v) is 10.3. The zero-order valence-electron chi connectivity index (χ0n) is 17.1. The highest BCUT2D eigenvalue weighted by molar-refractivity contribution is 5.63. The molecule has 0 bridgehead atoms. The van der Waals surface area contributed by atoms with Crippen molar-refractivity contribution in [1.82, 2.24) is 19.8 Å². The Morgan fingerprint density at radius 3 is 2.57 bits per heavy atom. The Kier molecular flexibility index (Phi) is 5.62. The zero-order chi connectivity index (χ0) is 19.5. The molecule has 1 aliphatic rings. The lowest BCUT2D eigenvalue weighted by Gasteiger charge is -2.23. The van der Waals surface area contributed by atoms with E-state index in [-0.39, 0.29) is 6.04 Å². The standard InChI is InChI=1S/C23H30N4O/c1-17(22-13-14-28-25-22)26(2)15-21-16-27(3)24-23(21)20-11-9-19(10-12-20)18-7-5-4-6-8-18/h9-14,16-18H,4-8,15H2,1-3H3/t17-/m0/s1. The molecular weight excluding hydrogens is 348 g/mol. The van der Waals surface area contributed by atoms with E-state index >= 15 is 0 Å². The van der Waals surface area contributed by atoms with Gasteiger partial charge in [-0.05, 0) is 38.3 Å². The number of rotatable bonds is 6. The molecule has 148 valence electrons. The van der Waals surface area contributed by atoms with Gasteiger partial charge in [-0.15, -0.1) is 0 Å². The van der Waals surface area contributed by atoms with E-state index in [1.54, 1.807) is 6.26 Å². The molecule has 2 heterocycles. The Morgan fingerprint density at radius 2 is 1.89 bits per heavy atom. The number of hydrogen-bond acceptors (Lipinski definition) is 4. The van der Waals surface area contributed by atoms with Crippen LogP contribution in [0.1, 0.15) is 67.8 Å². The molecule has 1 fully saturated rings. The normalized spacial score (nSPS) is 16.6. The van der Waals surface area contributed by atoms with E-state index in [0.29, 0.717) is 0 Å². The third-order valence-corrected chi connectivity index (χ3v) is 6.13. The Bertz CT molecular complexity index is 876. The van der Waals surface area contributed by atoms with Gasteiger partial charge in [-0.2, -0.15) is 5.10 Å². The van der Waals surface area contributed by atoms with Crippen LogP contribution in [0.4, 0.5) is 0 Å². The van der Waals surface area contributed by atoms with Gasteiger partial charge in [0.15, 0.2) is 0 Å². The molecule has 1 aliphatic carbocycles. The first-order chi connectivity index (χ1) is 13.6. The monoisotopic (exact) mass is 378 g/mol. The molecule has 0 radical (unpaired) electrons. The molecule has 0 unspecified atom stereocenters. The minimum Gasteiger partial charge on any atom is -0.364 e. The maximum Gasteiger partial charge on any atom is 0.124 e. The second-order valence-corrected chi connectivity index (χ2v) is 8.15. The molecule has 3 aromatic rings. The van der Waals surface area contributed by atoms with Gasteiger partial charge in [0.25, 0.3) is 0 Å². The van der Waals surface area contributed by atoms with E-state index < -0.39 is 0 Å². The molecule has 1 atom stereocenters. The maximum absolute atomic E-state index is 5.00. The molecule has 5 heteroatoms. The van der Waals surface area contributed by atoms with Crippen LogP contribution < -0.4 is 0 Å². The lowest BCUT2D eigenvalue weighted by Crippen LogP contribution is -2.22. The van der Waals surface area contributed by atoms with E-state index in [1.165, 1.54) is 48.8 Å². The largest absolute Gasteiger partial charge is 0.364 e. The maximum atomic E-state index is 5.00. The van der Waals surface area contributed by atoms with Gasteiger partial charge in [0.1, 0.15) is 12.0 Å². The summed E-state index contributed by atoms with van der Waals surface area (Å²) in [6.07, 6.45) is 10.5. The number of aryl methyl sites for hydroxylation is 1. The van der Waals surface area contributed by atoms with Crippen LogP contribution in [0.2, 0.25) is 0 Å². The molecule has 5 nitrogen and oxygen atoms in total. The highest BCUT2D eigenvalue weighted by atomic mass is 16.5. The molecule has 0 spiro atoms. The summed E-state index contributed by atoms with van der Waals surface area (Å²) in [7, 11) is 4.10. The molecule has 28 heavy (non-hydrogen) atoms. The zero-order valence-corrected chi connectivity index (χ0v) is 17.1. The summed E-state index contributed by atoms with van der Waals surface area (Å²) >= 11 is 0. The van der Waals surface area contributed by atoms with E-state index in [1.807, 2.05) is 17.8 Å². The molecule has 1 saturated carbocycles. The fraction of sp³-hybridized carbons (Fsp3) is 0.478. The van der Waals surface area contributed by atoms with Crippen molar-refractivity contribution in [3.05, 3.63) is 59.6 Å². The first-order valence-electron chi connectivity index (χ1n) is 10.3. The van der Waals surface area contributed by atoms with Crippen LogP contribution in [0.15, 0.2) is 47.3 Å². The second kappa shape index (κ2) is 8.31. The Labute approximate surface area is 167 Å². The summed E-state index contributed by atoms with van der Waals surface area (Å²) < 4.78 is 6.91. The van der Waals surface area contributed by atoms with Crippen molar-refractivity contribution >= 4 is 0 Å². The van der Waals surface area contributed by atoms with E-state index in [0.717, 1.165) is 23.9 Å². The van der Waals surface area contributed by atoms with Crippen LogP contribution in [-0.2, 0) is 13.6 Å². The van der Waals surface area contributed by atoms with Crippen molar-refractivity contribution in [3.63, 3.8) is 0 Å². The van der Waals surface area contributed by atoms with Gasteiger partial charge in [-0.25, -0.2) is 0 Å². The van der Waals surface area contributed by atoms with Crippen molar-refractivity contribution in [2.24, 2.45) is 7.05 Å². The number of benzene rings is 1. The number of aromatic nitrogens is 3. The first kappa shape index (κ1) is 18.9. The summed E-state index contributed by atoms with van der Waals surface area (Å²) in [4.78, 5) is 2.27. The molecule has 1 aromatic carbocycles. The highest BCUT2D eigenvalue weighted by Crippen LogP contribution is 2.34. The summed E-state index contributed by atoms with van der Waals surface area (Å²) in [5.74, 6) is 0.737. The van der Waals surface area contributed by atoms with Gasteiger partial charge < -0.3 is 4.52 Å². The minimum absolute atomic E-state index is 0.181. The third-order valence-electron chi connectivity index (χ3n) is 6.13. The van der Waals surface area contributed by atoms with E-state index in [9.17, 15) is 0 Å². The Balaban J connectivity index is 1.52. The predicted molar refractivity (Wildman–Crippen MR) is 111 cm³/mol. The SMILES string of the molecule is C[C@@H](c1ccon1)N(C)Cc1cn(C)nc1-c1ccc(C2CCCCC2)cc1. The lowest BCUT2D eigenvalue weighted by atomic mass is 9.84. The van der Waals surface area contributed by atoms with Crippen LogP contribution in [0.5, 0.6) is 0 Å². The van der Waals surface area contributed by atoms with Crippen molar-refractivity contribution in [3.8, 4) is 11.3 Å². The van der Waals surface area contributed by atoms with Crippen LogP contribution in [0.3, 0.4) is 0 Å². The smallest absolute Gasteiger partial charge is 0.124 e. The van der Waals surface area contributed by atoms with Crippen molar-refractivity contribution in [2.45, 2.75) is 57.5 Å². The fourth-order valence-electron chi connectivity index (χ4n) is 4.31. The van der Waals surface area contributed by atoms with Gasteiger partial charge in [0.2, 0.25) is 0 Å². The second-order valence-electron chi connectivity index (χ2n) is 8.15. The molecule has 0 N–H and O–H groups in total. The van der Waals surface area contributed by atoms with Crippen molar-refractivity contribution in [1.29, 1.82) is 0 Å². The average Bonchev–Trinajstić information content (AvgIpc) is 3.38. The molecule has 0 saturated heterocycles. The molecule has 0 aliphatic heterocycles. The molecule has 4 rings (SSSR count). The van der Waals surface area contributed by atoms with Crippen LogP contribution >= 0.6 is 0 Å². The van der Waals surface area contributed by atoms with Gasteiger partial charge in [0.05, 0.1) is 11.7 Å². The summed E-state index contributed by atoms with van der Waals surface area (Å²) in [6, 6.07) is 11.2. The quantitative estimate of drug-likeness (QED) is 0.583. The van der Waals surface area contributed by atoms with E-state index in [2.05, 4.69) is 54.5 Å². The lowest BCUT2D eigenvalue weighted by molar-refractivity contribution is 0.241. The summed E-state index contributed by atoms with van der Waals surface area (Å²) in [5.41, 5.74) is 5.92. The minimum atomic E-state index is 0.181.